The van der Waals surface area contributed by atoms with Gasteiger partial charge in [-0.3, -0.25) is 0 Å². The topological polar surface area (TPSA) is 12.0 Å². The molecule has 16 heavy (non-hydrogen) atoms. The van der Waals surface area contributed by atoms with Crippen LogP contribution in [0.15, 0.2) is 0 Å². The van der Waals surface area contributed by atoms with Crippen LogP contribution in [0.4, 0.5) is 0 Å². The van der Waals surface area contributed by atoms with Crippen LogP contribution in [0.5, 0.6) is 0 Å². The first kappa shape index (κ1) is 11.1. The van der Waals surface area contributed by atoms with Gasteiger partial charge >= 0.3 is 0 Å². The zero-order valence-electron chi connectivity index (χ0n) is 10.8. The average molecular weight is 221 g/mol. The van der Waals surface area contributed by atoms with E-state index in [1.54, 1.807) is 25.7 Å². The van der Waals surface area contributed by atoms with Crippen LogP contribution in [0.3, 0.4) is 0 Å². The van der Waals surface area contributed by atoms with Crippen molar-refractivity contribution in [3.8, 4) is 0 Å². The second-order valence-corrected chi connectivity index (χ2v) is 6.55. The van der Waals surface area contributed by atoms with E-state index in [2.05, 4.69) is 12.2 Å². The summed E-state index contributed by atoms with van der Waals surface area (Å²) in [5.74, 6) is 4.23. The van der Waals surface area contributed by atoms with Crippen molar-refractivity contribution < 1.29 is 0 Å². The van der Waals surface area contributed by atoms with Crippen molar-refractivity contribution in [2.45, 2.75) is 64.3 Å². The number of hydrogen-bond donors (Lipinski definition) is 1. The van der Waals surface area contributed by atoms with Gasteiger partial charge in [-0.25, -0.2) is 0 Å². The second-order valence-electron chi connectivity index (χ2n) is 6.55. The molecule has 0 aromatic carbocycles. The lowest BCUT2D eigenvalue weighted by molar-refractivity contribution is 0.287. The minimum absolute atomic E-state index is 0.865. The number of hydrogen-bond acceptors (Lipinski definition) is 1. The van der Waals surface area contributed by atoms with Gasteiger partial charge in [-0.2, -0.15) is 0 Å². The molecular formula is C15H27N. The molecule has 3 aliphatic carbocycles. The van der Waals surface area contributed by atoms with Crippen molar-refractivity contribution >= 4 is 0 Å². The third kappa shape index (κ3) is 2.03. The summed E-state index contributed by atoms with van der Waals surface area (Å²) in [6, 6.07) is 0.865. The van der Waals surface area contributed by atoms with E-state index in [1.165, 1.54) is 32.2 Å². The molecule has 1 N–H and O–H groups in total. The van der Waals surface area contributed by atoms with Gasteiger partial charge in [-0.15, -0.1) is 0 Å². The van der Waals surface area contributed by atoms with E-state index >= 15 is 0 Å². The lowest BCUT2D eigenvalue weighted by atomic mass is 9.88. The van der Waals surface area contributed by atoms with Crippen LogP contribution in [0.2, 0.25) is 0 Å². The van der Waals surface area contributed by atoms with Gasteiger partial charge in [0.1, 0.15) is 0 Å². The van der Waals surface area contributed by atoms with Crippen molar-refractivity contribution in [1.82, 2.24) is 5.32 Å². The fourth-order valence-corrected chi connectivity index (χ4v) is 4.72. The minimum Gasteiger partial charge on any atom is -0.313 e. The highest BCUT2D eigenvalue weighted by atomic mass is 14.9. The number of rotatable bonds is 4. The largest absolute Gasteiger partial charge is 0.313 e. The van der Waals surface area contributed by atoms with Crippen LogP contribution in [-0.4, -0.2) is 12.6 Å². The Morgan fingerprint density at radius 3 is 2.62 bits per heavy atom. The normalized spacial score (nSPS) is 46.7. The van der Waals surface area contributed by atoms with Gasteiger partial charge in [-0.1, -0.05) is 26.2 Å². The van der Waals surface area contributed by atoms with Crippen molar-refractivity contribution in [1.29, 1.82) is 0 Å². The predicted octanol–water partition coefficient (Wildman–Crippen LogP) is 3.59. The molecule has 0 aromatic rings. The Hall–Kier alpha value is -0.0400. The van der Waals surface area contributed by atoms with Crippen molar-refractivity contribution in [2.75, 3.05) is 6.54 Å². The molecule has 1 nitrogen and oxygen atoms in total. The van der Waals surface area contributed by atoms with Crippen molar-refractivity contribution in [3.63, 3.8) is 0 Å². The molecule has 5 atom stereocenters. The predicted molar refractivity (Wildman–Crippen MR) is 68.4 cm³/mol. The third-order valence-electron chi connectivity index (χ3n) is 5.71. The fourth-order valence-electron chi connectivity index (χ4n) is 4.72. The lowest BCUT2D eigenvalue weighted by Crippen LogP contribution is -2.37. The fraction of sp³-hybridized carbons (Fsp3) is 1.00. The van der Waals surface area contributed by atoms with E-state index in [-0.39, 0.29) is 0 Å². The van der Waals surface area contributed by atoms with E-state index in [9.17, 15) is 0 Å². The van der Waals surface area contributed by atoms with Gasteiger partial charge in [0, 0.05) is 6.04 Å². The zero-order valence-corrected chi connectivity index (χ0v) is 10.8. The standard InChI is InChI=1S/C15H27N/c1-2-12-4-3-5-15(12)16-10-14-9-11-6-7-13(14)8-11/h11-16H,2-10H2,1H3. The highest BCUT2D eigenvalue weighted by molar-refractivity contribution is 4.92. The highest BCUT2D eigenvalue weighted by Crippen LogP contribution is 2.48. The van der Waals surface area contributed by atoms with Gasteiger partial charge < -0.3 is 5.32 Å². The molecule has 3 saturated carbocycles. The molecule has 1 heteroatoms. The Bertz CT molecular complexity index is 232. The van der Waals surface area contributed by atoms with E-state index in [0.717, 1.165) is 29.7 Å². The Balaban J connectivity index is 1.46. The first-order valence-corrected chi connectivity index (χ1v) is 7.60. The first-order chi connectivity index (χ1) is 7.86. The number of fused-ring (bicyclic) bond motifs is 2. The van der Waals surface area contributed by atoms with Crippen LogP contribution in [0.1, 0.15) is 58.3 Å². The molecule has 0 heterocycles. The molecular weight excluding hydrogens is 194 g/mol. The summed E-state index contributed by atoms with van der Waals surface area (Å²) in [5.41, 5.74) is 0. The van der Waals surface area contributed by atoms with Crippen LogP contribution >= 0.6 is 0 Å². The van der Waals surface area contributed by atoms with Gasteiger partial charge in [0.2, 0.25) is 0 Å². The Morgan fingerprint density at radius 2 is 1.94 bits per heavy atom. The Morgan fingerprint density at radius 1 is 1.00 bits per heavy atom. The molecule has 2 bridgehead atoms. The molecule has 0 saturated heterocycles. The molecule has 3 fully saturated rings. The van der Waals surface area contributed by atoms with Gasteiger partial charge in [-0.05, 0) is 62.3 Å². The Kier molecular flexibility index (Phi) is 3.24. The van der Waals surface area contributed by atoms with Gasteiger partial charge in [0.05, 0.1) is 0 Å². The maximum atomic E-state index is 3.91. The molecule has 3 aliphatic rings. The quantitative estimate of drug-likeness (QED) is 0.765. The SMILES string of the molecule is CCC1CCCC1NCC1CC2CCC1C2. The summed E-state index contributed by atoms with van der Waals surface area (Å²) >= 11 is 0. The molecule has 0 radical (unpaired) electrons. The molecule has 0 aliphatic heterocycles. The summed E-state index contributed by atoms with van der Waals surface area (Å²) < 4.78 is 0. The monoisotopic (exact) mass is 221 g/mol. The summed E-state index contributed by atoms with van der Waals surface area (Å²) in [4.78, 5) is 0. The highest BCUT2D eigenvalue weighted by Gasteiger charge is 2.39. The van der Waals surface area contributed by atoms with E-state index in [1.807, 2.05) is 0 Å². The molecule has 5 unspecified atom stereocenters. The minimum atomic E-state index is 0.865. The van der Waals surface area contributed by atoms with Crippen LogP contribution in [-0.2, 0) is 0 Å². The summed E-state index contributed by atoms with van der Waals surface area (Å²) in [5, 5.41) is 3.91. The van der Waals surface area contributed by atoms with Crippen molar-refractivity contribution in [3.05, 3.63) is 0 Å². The molecule has 0 spiro atoms. The zero-order chi connectivity index (χ0) is 11.0. The van der Waals surface area contributed by atoms with Crippen LogP contribution < -0.4 is 5.32 Å². The molecule has 92 valence electrons. The maximum Gasteiger partial charge on any atom is 0.00953 e. The van der Waals surface area contributed by atoms with Gasteiger partial charge in [0.25, 0.3) is 0 Å². The smallest absolute Gasteiger partial charge is 0.00953 e. The van der Waals surface area contributed by atoms with Crippen LogP contribution in [0.25, 0.3) is 0 Å². The van der Waals surface area contributed by atoms with Crippen LogP contribution in [0, 0.1) is 23.7 Å². The maximum absolute atomic E-state index is 3.91. The number of nitrogens with one attached hydrogen (secondary N) is 1. The molecule has 0 amide bonds. The van der Waals surface area contributed by atoms with E-state index in [4.69, 9.17) is 0 Å². The van der Waals surface area contributed by atoms with E-state index in [0.29, 0.717) is 0 Å². The van der Waals surface area contributed by atoms with E-state index < -0.39 is 0 Å². The third-order valence-corrected chi connectivity index (χ3v) is 5.71. The first-order valence-electron chi connectivity index (χ1n) is 7.60. The average Bonchev–Trinajstić information content (AvgIpc) is 3.01. The Labute approximate surface area is 100 Å². The van der Waals surface area contributed by atoms with Gasteiger partial charge in [0.15, 0.2) is 0 Å². The molecule has 3 rings (SSSR count). The lowest BCUT2D eigenvalue weighted by Gasteiger charge is -2.26. The van der Waals surface area contributed by atoms with Crippen molar-refractivity contribution in [2.24, 2.45) is 23.7 Å². The second kappa shape index (κ2) is 4.68. The summed E-state index contributed by atoms with van der Waals surface area (Å²) in [6.07, 6.45) is 12.0. The summed E-state index contributed by atoms with van der Waals surface area (Å²) in [6.45, 7) is 3.70. The summed E-state index contributed by atoms with van der Waals surface area (Å²) in [7, 11) is 0. The molecule has 0 aromatic heterocycles.